The van der Waals surface area contributed by atoms with Gasteiger partial charge >= 0.3 is 5.97 Å². The lowest BCUT2D eigenvalue weighted by atomic mass is 9.44. The molecule has 7 aliphatic rings. The molecule has 4 aliphatic heterocycles. The minimum atomic E-state index is -1.62. The molecule has 0 amide bonds. The Morgan fingerprint density at radius 1 is 1.06 bits per heavy atom. The topological polar surface area (TPSA) is 185 Å². The van der Waals surface area contributed by atoms with E-state index in [1.54, 1.807) is 0 Å². The van der Waals surface area contributed by atoms with Crippen LogP contribution in [0, 0.1) is 11.3 Å². The molecule has 6 N–H and O–H groups in total. The fourth-order valence-corrected chi connectivity index (χ4v) is 6.41. The number of carbonyl (C=O) groups excluding carboxylic acids is 1. The molecule has 4 saturated heterocycles. The van der Waals surface area contributed by atoms with Gasteiger partial charge in [-0.3, -0.25) is 0 Å². The number of ether oxygens (including phenoxy) is 5. The standard InChI is InChI=1S/C22H26O12/c23-7-11-14(25)15(26)16(27)18(31-11)33-21-5-12-20(21,19-32-13(21)6-22(12,29)34-19)8-30-17(28)9-1-3-10(24)4-2-9/h1-4,11-16,18-19,23-27,29H,5-8H2. The number of aliphatic hydroxyl groups excluding tert-OH is 4. The number of aromatic hydroxyl groups is 1. The molecule has 4 heterocycles. The summed E-state index contributed by atoms with van der Waals surface area (Å²) in [5.74, 6) is -2.62. The molecule has 12 nitrogen and oxygen atoms in total. The van der Waals surface area contributed by atoms with Gasteiger partial charge in [-0.2, -0.15) is 0 Å². The van der Waals surface area contributed by atoms with Gasteiger partial charge in [0.2, 0.25) is 0 Å². The average molecular weight is 482 g/mol. The van der Waals surface area contributed by atoms with Crippen molar-refractivity contribution in [3.8, 4) is 5.75 Å². The van der Waals surface area contributed by atoms with Crippen molar-refractivity contribution in [1.29, 1.82) is 0 Å². The van der Waals surface area contributed by atoms with Gasteiger partial charge in [-0.1, -0.05) is 0 Å². The van der Waals surface area contributed by atoms with Crippen LogP contribution in [0.15, 0.2) is 24.3 Å². The van der Waals surface area contributed by atoms with Gasteiger partial charge in [0.25, 0.3) is 0 Å². The molecule has 6 bridgehead atoms. The second-order valence-electron chi connectivity index (χ2n) is 9.75. The predicted octanol–water partition coefficient (Wildman–Crippen LogP) is -2.04. The number of rotatable bonds is 6. The highest BCUT2D eigenvalue weighted by atomic mass is 16.8. The van der Waals surface area contributed by atoms with Gasteiger partial charge in [-0.05, 0) is 30.7 Å². The summed E-state index contributed by atoms with van der Waals surface area (Å²) in [6, 6.07) is 5.53. The van der Waals surface area contributed by atoms with Gasteiger partial charge in [-0.25, -0.2) is 4.79 Å². The maximum Gasteiger partial charge on any atom is 0.338 e. The van der Waals surface area contributed by atoms with Crippen molar-refractivity contribution in [2.45, 2.75) is 67.3 Å². The van der Waals surface area contributed by atoms with Crippen LogP contribution in [0.5, 0.6) is 5.75 Å². The van der Waals surface area contributed by atoms with Gasteiger partial charge in [0.1, 0.15) is 42.4 Å². The highest BCUT2D eigenvalue weighted by molar-refractivity contribution is 5.89. The van der Waals surface area contributed by atoms with Crippen LogP contribution in [-0.2, 0) is 23.7 Å². The number of hydrogen-bond acceptors (Lipinski definition) is 12. The third kappa shape index (κ3) is 2.71. The molecule has 11 atom stereocenters. The van der Waals surface area contributed by atoms with Gasteiger partial charge in [0.05, 0.1) is 23.7 Å². The van der Waals surface area contributed by atoms with Gasteiger partial charge < -0.3 is 54.3 Å². The van der Waals surface area contributed by atoms with E-state index in [1.807, 2.05) is 0 Å². The molecular weight excluding hydrogens is 456 g/mol. The fraction of sp³-hybridized carbons (Fsp3) is 0.682. The Hall–Kier alpha value is -1.87. The molecule has 34 heavy (non-hydrogen) atoms. The van der Waals surface area contributed by atoms with Crippen LogP contribution in [0.1, 0.15) is 23.2 Å². The van der Waals surface area contributed by atoms with E-state index in [9.17, 15) is 35.4 Å². The molecule has 1 aromatic rings. The Bertz CT molecular complexity index is 985. The molecule has 1 aromatic carbocycles. The van der Waals surface area contributed by atoms with E-state index in [-0.39, 0.29) is 30.8 Å². The van der Waals surface area contributed by atoms with E-state index in [0.717, 1.165) is 0 Å². The molecule has 0 radical (unpaired) electrons. The Morgan fingerprint density at radius 2 is 1.79 bits per heavy atom. The summed E-state index contributed by atoms with van der Waals surface area (Å²) in [6.45, 7) is -0.834. The molecule has 12 heteroatoms. The van der Waals surface area contributed by atoms with Crippen LogP contribution in [-0.4, -0.2) is 104 Å². The van der Waals surface area contributed by atoms with Crippen molar-refractivity contribution >= 4 is 5.97 Å². The van der Waals surface area contributed by atoms with Crippen molar-refractivity contribution < 1.29 is 59.1 Å². The lowest BCUT2D eigenvalue weighted by Crippen LogP contribution is -2.77. The lowest BCUT2D eigenvalue weighted by molar-refractivity contribution is -0.403. The van der Waals surface area contributed by atoms with Crippen molar-refractivity contribution in [2.24, 2.45) is 11.3 Å². The van der Waals surface area contributed by atoms with E-state index in [4.69, 9.17) is 23.7 Å². The minimum absolute atomic E-state index is 0.000898. The molecular formula is C22H26O12. The number of phenolic OH excluding ortho intramolecular Hbond substituents is 1. The summed E-state index contributed by atoms with van der Waals surface area (Å²) < 4.78 is 29.1. The number of aliphatic hydroxyl groups is 5. The molecule has 3 saturated carbocycles. The number of esters is 1. The highest BCUT2D eigenvalue weighted by Crippen LogP contribution is 2.78. The zero-order valence-corrected chi connectivity index (χ0v) is 17.9. The van der Waals surface area contributed by atoms with E-state index in [0.29, 0.717) is 0 Å². The van der Waals surface area contributed by atoms with Crippen molar-refractivity contribution in [1.82, 2.24) is 0 Å². The summed E-state index contributed by atoms with van der Waals surface area (Å²) >= 11 is 0. The zero-order valence-electron chi connectivity index (χ0n) is 17.9. The van der Waals surface area contributed by atoms with Crippen LogP contribution in [0.3, 0.4) is 0 Å². The minimum Gasteiger partial charge on any atom is -0.508 e. The molecule has 11 unspecified atom stereocenters. The van der Waals surface area contributed by atoms with Crippen LogP contribution in [0.2, 0.25) is 0 Å². The third-order valence-electron chi connectivity index (χ3n) is 8.20. The van der Waals surface area contributed by atoms with Crippen LogP contribution in [0.4, 0.5) is 0 Å². The Labute approximate surface area is 193 Å². The molecule has 0 aromatic heterocycles. The predicted molar refractivity (Wildman–Crippen MR) is 106 cm³/mol. The average Bonchev–Trinajstić information content (AvgIpc) is 3.02. The molecule has 0 spiro atoms. The normalized spacial score (nSPS) is 50.3. The van der Waals surface area contributed by atoms with Gasteiger partial charge in [-0.15, -0.1) is 0 Å². The monoisotopic (exact) mass is 482 g/mol. The summed E-state index contributed by atoms with van der Waals surface area (Å²) in [4.78, 5) is 12.7. The first-order valence-corrected chi connectivity index (χ1v) is 11.2. The first kappa shape index (κ1) is 22.6. The second-order valence-corrected chi connectivity index (χ2v) is 9.75. The smallest absolute Gasteiger partial charge is 0.338 e. The van der Waals surface area contributed by atoms with E-state index in [1.165, 1.54) is 24.3 Å². The molecule has 3 aliphatic carbocycles. The van der Waals surface area contributed by atoms with Crippen molar-refractivity contribution in [3.05, 3.63) is 29.8 Å². The van der Waals surface area contributed by atoms with Gasteiger partial charge in [0, 0.05) is 12.3 Å². The molecule has 8 rings (SSSR count). The lowest BCUT2D eigenvalue weighted by Gasteiger charge is -2.64. The molecule has 7 fully saturated rings. The van der Waals surface area contributed by atoms with Gasteiger partial charge in [0.15, 0.2) is 18.4 Å². The van der Waals surface area contributed by atoms with Crippen LogP contribution < -0.4 is 0 Å². The maximum absolute atomic E-state index is 12.7. The Balaban J connectivity index is 1.27. The number of hydrogen-bond donors (Lipinski definition) is 6. The summed E-state index contributed by atoms with van der Waals surface area (Å²) in [6.07, 6.45) is -8.61. The summed E-state index contributed by atoms with van der Waals surface area (Å²) in [7, 11) is 0. The number of benzene rings is 1. The Morgan fingerprint density at radius 3 is 2.50 bits per heavy atom. The zero-order chi connectivity index (χ0) is 24.0. The quantitative estimate of drug-likeness (QED) is 0.245. The SMILES string of the molecule is O=C(OCC12C3OC4CC(O)(O3)C1CC42OC1OC(CO)C(O)C(O)C1O)c1ccc(O)cc1. The first-order chi connectivity index (χ1) is 16.1. The van der Waals surface area contributed by atoms with Crippen molar-refractivity contribution in [3.63, 3.8) is 0 Å². The van der Waals surface area contributed by atoms with E-state index >= 15 is 0 Å². The largest absolute Gasteiger partial charge is 0.508 e. The summed E-state index contributed by atoms with van der Waals surface area (Å²) in [5.41, 5.74) is -2.06. The van der Waals surface area contributed by atoms with Crippen molar-refractivity contribution in [2.75, 3.05) is 13.2 Å². The second kappa shape index (κ2) is 7.32. The Kier molecular flexibility index (Phi) is 4.86. The van der Waals surface area contributed by atoms with E-state index in [2.05, 4.69) is 0 Å². The van der Waals surface area contributed by atoms with E-state index < -0.39 is 78.4 Å². The third-order valence-corrected chi connectivity index (χ3v) is 8.20. The fourth-order valence-electron chi connectivity index (χ4n) is 6.41. The van der Waals surface area contributed by atoms with Crippen LogP contribution >= 0.6 is 0 Å². The highest BCUT2D eigenvalue weighted by Gasteiger charge is 2.91. The summed E-state index contributed by atoms with van der Waals surface area (Å²) in [5, 5.41) is 60.7. The van der Waals surface area contributed by atoms with Crippen LogP contribution in [0.25, 0.3) is 0 Å². The first-order valence-electron chi connectivity index (χ1n) is 11.2. The number of phenols is 1. The number of carbonyl (C=O) groups is 1. The maximum atomic E-state index is 12.7. The molecule has 186 valence electrons.